The molecule has 0 fully saturated rings. The number of hydrogen-bond donors (Lipinski definition) is 0. The van der Waals surface area contributed by atoms with Gasteiger partial charge in [0.1, 0.15) is 26.4 Å². The average Bonchev–Trinajstić information content (AvgIpc) is 3.24. The van der Waals surface area contributed by atoms with Crippen molar-refractivity contribution in [1.82, 2.24) is 0 Å². The molecule has 0 saturated heterocycles. The molecule has 0 aliphatic carbocycles. The van der Waals surface area contributed by atoms with Gasteiger partial charge >= 0.3 is 23.9 Å². The Morgan fingerprint density at radius 1 is 0.350 bits per heavy atom. The Hall–Kier alpha value is -2.28. The molecule has 0 aliphatic rings. The SMILES string of the molecule is CCCCCCOCCOC(=O)CCCC(CCC(C)C(CCCC(=O)OCCOCCCCCC)C(=O)OCCOCCCCCC)C(=O)OCCOCCCCCC. The molecule has 12 nitrogen and oxygen atoms in total. The Morgan fingerprint density at radius 2 is 0.717 bits per heavy atom. The molecule has 0 aliphatic heterocycles. The van der Waals surface area contributed by atoms with Crippen molar-refractivity contribution in [3.05, 3.63) is 0 Å². The summed E-state index contributed by atoms with van der Waals surface area (Å²) in [7, 11) is 0. The van der Waals surface area contributed by atoms with Gasteiger partial charge in [0.15, 0.2) is 0 Å². The Balaban J connectivity index is 5.27. The molecule has 354 valence electrons. The first kappa shape index (κ1) is 57.7. The van der Waals surface area contributed by atoms with Gasteiger partial charge < -0.3 is 37.9 Å². The van der Waals surface area contributed by atoms with Crippen LogP contribution in [0.4, 0.5) is 0 Å². The van der Waals surface area contributed by atoms with Crippen LogP contribution in [0.2, 0.25) is 0 Å². The molecule has 3 unspecified atom stereocenters. The van der Waals surface area contributed by atoms with E-state index in [9.17, 15) is 19.2 Å². The van der Waals surface area contributed by atoms with E-state index in [1.165, 1.54) is 38.5 Å². The number of carbonyl (C=O) groups excluding carboxylic acids is 4. The van der Waals surface area contributed by atoms with E-state index in [2.05, 4.69) is 27.7 Å². The van der Waals surface area contributed by atoms with Crippen molar-refractivity contribution in [3.8, 4) is 0 Å². The molecule has 0 rings (SSSR count). The number of rotatable bonds is 46. The summed E-state index contributed by atoms with van der Waals surface area (Å²) < 4.78 is 44.6. The summed E-state index contributed by atoms with van der Waals surface area (Å²) in [6, 6.07) is 0. The molecule has 0 heterocycles. The lowest BCUT2D eigenvalue weighted by Crippen LogP contribution is -2.27. The predicted octanol–water partition coefficient (Wildman–Crippen LogP) is 10.5. The van der Waals surface area contributed by atoms with Gasteiger partial charge in [-0.15, -0.1) is 0 Å². The first-order valence-electron chi connectivity index (χ1n) is 24.3. The third-order valence-electron chi connectivity index (χ3n) is 10.6. The van der Waals surface area contributed by atoms with Crippen molar-refractivity contribution in [2.24, 2.45) is 17.8 Å². The van der Waals surface area contributed by atoms with Crippen molar-refractivity contribution in [1.29, 1.82) is 0 Å². The molecule has 0 amide bonds. The zero-order valence-electron chi connectivity index (χ0n) is 39.1. The highest BCUT2D eigenvalue weighted by Gasteiger charge is 2.29. The van der Waals surface area contributed by atoms with Crippen LogP contribution in [0, 0.1) is 17.8 Å². The Bertz CT molecular complexity index is 992. The van der Waals surface area contributed by atoms with E-state index >= 15 is 0 Å². The third kappa shape index (κ3) is 37.5. The van der Waals surface area contributed by atoms with Crippen LogP contribution in [-0.2, 0) is 57.1 Å². The summed E-state index contributed by atoms with van der Waals surface area (Å²) in [5, 5.41) is 0. The minimum absolute atomic E-state index is 0.140. The highest BCUT2D eigenvalue weighted by atomic mass is 16.6. The average molecular weight is 859 g/mol. The molecular formula is C48H90O12. The number of hydrogen-bond acceptors (Lipinski definition) is 12. The maximum Gasteiger partial charge on any atom is 0.309 e. The fraction of sp³-hybridized carbons (Fsp3) is 0.917. The van der Waals surface area contributed by atoms with Crippen molar-refractivity contribution < 1.29 is 57.1 Å². The zero-order valence-corrected chi connectivity index (χ0v) is 39.1. The second-order valence-electron chi connectivity index (χ2n) is 16.1. The van der Waals surface area contributed by atoms with Crippen LogP contribution in [-0.4, -0.2) is 103 Å². The van der Waals surface area contributed by atoms with Gasteiger partial charge in [0, 0.05) is 39.3 Å². The molecule has 0 saturated carbocycles. The Labute approximate surface area is 365 Å². The Kier molecular flexibility index (Phi) is 43.1. The first-order valence-corrected chi connectivity index (χ1v) is 24.3. The highest BCUT2D eigenvalue weighted by molar-refractivity contribution is 5.74. The molecule has 0 bridgehead atoms. The summed E-state index contributed by atoms with van der Waals surface area (Å²) in [5.74, 6) is -2.37. The normalized spacial score (nSPS) is 12.8. The predicted molar refractivity (Wildman–Crippen MR) is 237 cm³/mol. The lowest BCUT2D eigenvalue weighted by Gasteiger charge is -2.24. The lowest BCUT2D eigenvalue weighted by molar-refractivity contribution is -0.153. The molecule has 0 aromatic carbocycles. The van der Waals surface area contributed by atoms with E-state index in [1.54, 1.807) is 0 Å². The Morgan fingerprint density at radius 3 is 1.12 bits per heavy atom. The molecular weight excluding hydrogens is 769 g/mol. The van der Waals surface area contributed by atoms with Crippen molar-refractivity contribution in [3.63, 3.8) is 0 Å². The van der Waals surface area contributed by atoms with E-state index in [-0.39, 0.29) is 69.1 Å². The van der Waals surface area contributed by atoms with Crippen LogP contribution in [0.25, 0.3) is 0 Å². The van der Waals surface area contributed by atoms with Gasteiger partial charge in [-0.25, -0.2) is 0 Å². The molecule has 0 aromatic heterocycles. The van der Waals surface area contributed by atoms with Crippen LogP contribution in [0.5, 0.6) is 0 Å². The van der Waals surface area contributed by atoms with E-state index in [1.807, 2.05) is 6.92 Å². The van der Waals surface area contributed by atoms with Crippen LogP contribution in [0.15, 0.2) is 0 Å². The molecule has 0 spiro atoms. The van der Waals surface area contributed by atoms with Gasteiger partial charge in [-0.2, -0.15) is 0 Å². The summed E-state index contributed by atoms with van der Waals surface area (Å²) >= 11 is 0. The fourth-order valence-electron chi connectivity index (χ4n) is 6.77. The van der Waals surface area contributed by atoms with Gasteiger partial charge in [-0.3, -0.25) is 19.2 Å². The number of ether oxygens (including phenoxy) is 8. The van der Waals surface area contributed by atoms with E-state index < -0.39 is 11.8 Å². The second kappa shape index (κ2) is 44.8. The molecule has 12 heteroatoms. The first-order chi connectivity index (χ1) is 29.3. The monoisotopic (exact) mass is 859 g/mol. The van der Waals surface area contributed by atoms with E-state index in [0.29, 0.717) is 91.4 Å². The number of esters is 4. The van der Waals surface area contributed by atoms with Crippen molar-refractivity contribution in [2.75, 3.05) is 79.3 Å². The molecule has 60 heavy (non-hydrogen) atoms. The van der Waals surface area contributed by atoms with Crippen LogP contribution >= 0.6 is 0 Å². The summed E-state index contributed by atoms with van der Waals surface area (Å²) in [4.78, 5) is 51.9. The highest BCUT2D eigenvalue weighted by Crippen LogP contribution is 2.28. The molecule has 0 N–H and O–H groups in total. The van der Waals surface area contributed by atoms with E-state index in [0.717, 1.165) is 64.2 Å². The van der Waals surface area contributed by atoms with Gasteiger partial charge in [-0.05, 0) is 70.1 Å². The maximum atomic E-state index is 13.5. The van der Waals surface area contributed by atoms with Crippen LogP contribution in [0.3, 0.4) is 0 Å². The minimum Gasteiger partial charge on any atom is -0.463 e. The molecule has 0 radical (unpaired) electrons. The van der Waals surface area contributed by atoms with Crippen LogP contribution < -0.4 is 0 Å². The summed E-state index contributed by atoms with van der Waals surface area (Å²) in [6.07, 6.45) is 21.1. The van der Waals surface area contributed by atoms with Gasteiger partial charge in [-0.1, -0.05) is 112 Å². The van der Waals surface area contributed by atoms with Crippen molar-refractivity contribution >= 4 is 23.9 Å². The lowest BCUT2D eigenvalue weighted by atomic mass is 9.83. The standard InChI is InChI=1S/C48H90O12/c1-6-10-14-18-30-53-34-38-57-45(49)26-22-24-43(47(51)59-40-36-55-32-20-16-12-8-3)29-28-42(5)44(48(52)60-41-37-56-33-21-17-13-9-4)25-23-27-46(50)58-39-35-54-31-19-15-11-7-2/h42-44H,6-41H2,1-5H3. The smallest absolute Gasteiger partial charge is 0.309 e. The third-order valence-corrected chi connectivity index (χ3v) is 10.6. The van der Waals surface area contributed by atoms with Crippen LogP contribution in [0.1, 0.15) is 189 Å². The van der Waals surface area contributed by atoms with Gasteiger partial charge in [0.25, 0.3) is 0 Å². The van der Waals surface area contributed by atoms with Gasteiger partial charge in [0.2, 0.25) is 0 Å². The van der Waals surface area contributed by atoms with Crippen molar-refractivity contribution in [2.45, 2.75) is 189 Å². The number of unbranched alkanes of at least 4 members (excludes halogenated alkanes) is 12. The minimum atomic E-state index is -0.476. The molecule has 3 atom stereocenters. The summed E-state index contributed by atoms with van der Waals surface area (Å²) in [5.41, 5.74) is 0. The second-order valence-corrected chi connectivity index (χ2v) is 16.1. The maximum absolute atomic E-state index is 13.5. The van der Waals surface area contributed by atoms with E-state index in [4.69, 9.17) is 37.9 Å². The van der Waals surface area contributed by atoms with Gasteiger partial charge in [0.05, 0.1) is 38.3 Å². The fourth-order valence-corrected chi connectivity index (χ4v) is 6.77. The quantitative estimate of drug-likeness (QED) is 0.0327. The zero-order chi connectivity index (χ0) is 44.2. The molecule has 0 aromatic rings. The largest absolute Gasteiger partial charge is 0.463 e. The summed E-state index contributed by atoms with van der Waals surface area (Å²) in [6.45, 7) is 15.4. The number of carbonyl (C=O) groups is 4. The topological polar surface area (TPSA) is 142 Å².